The van der Waals surface area contributed by atoms with Gasteiger partial charge in [0, 0.05) is 25.6 Å². The average Bonchev–Trinajstić information content (AvgIpc) is 2.52. The third-order valence-electron chi connectivity index (χ3n) is 3.36. The summed E-state index contributed by atoms with van der Waals surface area (Å²) in [6.45, 7) is 4.79. The van der Waals surface area contributed by atoms with E-state index in [1.54, 1.807) is 6.92 Å². The van der Waals surface area contributed by atoms with Gasteiger partial charge in [-0.2, -0.15) is 0 Å². The molecule has 0 aliphatic heterocycles. The minimum absolute atomic E-state index is 0. The smallest absolute Gasteiger partial charge is 0.224 e. The Kier molecular flexibility index (Phi) is 10.2. The van der Waals surface area contributed by atoms with Crippen LogP contribution in [0, 0.1) is 5.92 Å². The summed E-state index contributed by atoms with van der Waals surface area (Å²) in [4.78, 5) is 23.5. The minimum Gasteiger partial charge on any atom is -0.356 e. The van der Waals surface area contributed by atoms with Crippen LogP contribution in [-0.2, 0) is 9.59 Å². The summed E-state index contributed by atoms with van der Waals surface area (Å²) in [6.07, 6.45) is 1.19. The molecule has 0 saturated heterocycles. The molecule has 1 aromatic rings. The maximum absolute atomic E-state index is 12.0. The van der Waals surface area contributed by atoms with Gasteiger partial charge in [-0.25, -0.2) is 0 Å². The molecule has 22 heavy (non-hydrogen) atoms. The zero-order chi connectivity index (χ0) is 15.7. The normalized spacial score (nSPS) is 12.7. The molecule has 2 atom stereocenters. The topological polar surface area (TPSA) is 84.2 Å². The van der Waals surface area contributed by atoms with E-state index < -0.39 is 0 Å². The lowest BCUT2D eigenvalue weighted by Crippen LogP contribution is -2.37. The van der Waals surface area contributed by atoms with E-state index in [1.807, 2.05) is 37.3 Å². The van der Waals surface area contributed by atoms with E-state index in [0.29, 0.717) is 19.5 Å². The van der Waals surface area contributed by atoms with Crippen molar-refractivity contribution in [3.8, 4) is 0 Å². The summed E-state index contributed by atoms with van der Waals surface area (Å²) in [5.74, 6) is -0.516. The number of halogens is 1. The Morgan fingerprint density at radius 2 is 1.77 bits per heavy atom. The van der Waals surface area contributed by atoms with Gasteiger partial charge in [-0.1, -0.05) is 44.2 Å². The van der Waals surface area contributed by atoms with Crippen molar-refractivity contribution in [1.29, 1.82) is 0 Å². The van der Waals surface area contributed by atoms with E-state index in [1.165, 1.54) is 0 Å². The van der Waals surface area contributed by atoms with Crippen LogP contribution in [-0.4, -0.2) is 24.9 Å². The van der Waals surface area contributed by atoms with Crippen LogP contribution in [0.15, 0.2) is 30.3 Å². The van der Waals surface area contributed by atoms with Gasteiger partial charge in [0.1, 0.15) is 0 Å². The standard InChI is InChI=1S/C16H25N3O2.ClH/c1-3-10-18-14(20)9-11-19-16(21)12(2)15(17)13-7-5-4-6-8-13;/h4-8,12,15H,3,9-11,17H2,1-2H3,(H,18,20)(H,19,21);1H. The zero-order valence-electron chi connectivity index (χ0n) is 13.2. The van der Waals surface area contributed by atoms with E-state index >= 15 is 0 Å². The van der Waals surface area contributed by atoms with E-state index in [0.717, 1.165) is 12.0 Å². The quantitative estimate of drug-likeness (QED) is 0.680. The zero-order valence-corrected chi connectivity index (χ0v) is 14.0. The number of hydrogen-bond acceptors (Lipinski definition) is 3. The van der Waals surface area contributed by atoms with Crippen LogP contribution < -0.4 is 16.4 Å². The predicted molar refractivity (Wildman–Crippen MR) is 90.7 cm³/mol. The van der Waals surface area contributed by atoms with Crippen molar-refractivity contribution in [2.45, 2.75) is 32.7 Å². The first-order chi connectivity index (χ1) is 10.1. The Morgan fingerprint density at radius 3 is 2.36 bits per heavy atom. The molecule has 2 amide bonds. The van der Waals surface area contributed by atoms with E-state index in [4.69, 9.17) is 5.73 Å². The third kappa shape index (κ3) is 6.91. The van der Waals surface area contributed by atoms with Crippen LogP contribution in [0.5, 0.6) is 0 Å². The van der Waals surface area contributed by atoms with Gasteiger partial charge in [-0.15, -0.1) is 12.4 Å². The maximum atomic E-state index is 12.0. The number of hydrogen-bond donors (Lipinski definition) is 3. The first-order valence-corrected chi connectivity index (χ1v) is 7.41. The molecule has 0 aliphatic rings. The molecule has 0 aliphatic carbocycles. The second kappa shape index (κ2) is 11.0. The van der Waals surface area contributed by atoms with Crippen molar-refractivity contribution in [3.63, 3.8) is 0 Å². The highest BCUT2D eigenvalue weighted by Crippen LogP contribution is 2.18. The van der Waals surface area contributed by atoms with Gasteiger partial charge in [-0.05, 0) is 12.0 Å². The summed E-state index contributed by atoms with van der Waals surface area (Å²) < 4.78 is 0. The van der Waals surface area contributed by atoms with Gasteiger partial charge in [-0.3, -0.25) is 9.59 Å². The number of rotatable bonds is 8. The molecular formula is C16H26ClN3O2. The van der Waals surface area contributed by atoms with Crippen molar-refractivity contribution < 1.29 is 9.59 Å². The van der Waals surface area contributed by atoms with Gasteiger partial charge < -0.3 is 16.4 Å². The van der Waals surface area contributed by atoms with Crippen molar-refractivity contribution in [3.05, 3.63) is 35.9 Å². The third-order valence-corrected chi connectivity index (χ3v) is 3.36. The van der Waals surface area contributed by atoms with Crippen LogP contribution in [0.2, 0.25) is 0 Å². The summed E-state index contributed by atoms with van der Waals surface area (Å²) in [7, 11) is 0. The Morgan fingerprint density at radius 1 is 1.14 bits per heavy atom. The van der Waals surface area contributed by atoms with E-state index in [-0.39, 0.29) is 36.2 Å². The molecule has 1 aromatic carbocycles. The van der Waals surface area contributed by atoms with Gasteiger partial charge >= 0.3 is 0 Å². The first-order valence-electron chi connectivity index (χ1n) is 7.41. The monoisotopic (exact) mass is 327 g/mol. The molecule has 0 radical (unpaired) electrons. The fraction of sp³-hybridized carbons (Fsp3) is 0.500. The van der Waals surface area contributed by atoms with Crippen LogP contribution in [0.3, 0.4) is 0 Å². The van der Waals surface area contributed by atoms with Crippen LogP contribution >= 0.6 is 12.4 Å². The summed E-state index contributed by atoms with van der Waals surface area (Å²) >= 11 is 0. The Labute approximate surface area is 138 Å². The van der Waals surface area contributed by atoms with Crippen molar-refractivity contribution in [2.75, 3.05) is 13.1 Å². The number of carbonyl (C=O) groups is 2. The molecule has 1 rings (SSSR count). The van der Waals surface area contributed by atoms with Crippen LogP contribution in [0.25, 0.3) is 0 Å². The number of nitrogens with one attached hydrogen (secondary N) is 2. The molecule has 0 saturated carbocycles. The molecule has 0 heterocycles. The van der Waals surface area contributed by atoms with Crippen LogP contribution in [0.1, 0.15) is 38.3 Å². The minimum atomic E-state index is -0.347. The second-order valence-corrected chi connectivity index (χ2v) is 5.12. The number of benzene rings is 1. The molecule has 0 aromatic heterocycles. The summed E-state index contributed by atoms with van der Waals surface area (Å²) in [5.41, 5.74) is 7.03. The lowest BCUT2D eigenvalue weighted by Gasteiger charge is -2.19. The van der Waals surface area contributed by atoms with Crippen molar-refractivity contribution in [1.82, 2.24) is 10.6 Å². The van der Waals surface area contributed by atoms with Crippen LogP contribution in [0.4, 0.5) is 0 Å². The summed E-state index contributed by atoms with van der Waals surface area (Å²) in [6, 6.07) is 9.19. The van der Waals surface area contributed by atoms with Crippen molar-refractivity contribution >= 4 is 24.2 Å². The summed E-state index contributed by atoms with van der Waals surface area (Å²) in [5, 5.41) is 5.53. The van der Waals surface area contributed by atoms with Crippen molar-refractivity contribution in [2.24, 2.45) is 11.7 Å². The largest absolute Gasteiger partial charge is 0.356 e. The Bertz CT molecular complexity index is 454. The molecule has 0 bridgehead atoms. The highest BCUT2D eigenvalue weighted by Gasteiger charge is 2.21. The van der Waals surface area contributed by atoms with E-state index in [2.05, 4.69) is 10.6 Å². The second-order valence-electron chi connectivity index (χ2n) is 5.12. The van der Waals surface area contributed by atoms with Gasteiger partial charge in [0.05, 0.1) is 5.92 Å². The Balaban J connectivity index is 0.00000441. The lowest BCUT2D eigenvalue weighted by atomic mass is 9.95. The van der Waals surface area contributed by atoms with Gasteiger partial charge in [0.25, 0.3) is 0 Å². The molecule has 124 valence electrons. The molecule has 0 spiro atoms. The van der Waals surface area contributed by atoms with Gasteiger partial charge in [0.15, 0.2) is 0 Å². The highest BCUT2D eigenvalue weighted by molar-refractivity contribution is 5.85. The molecule has 0 fully saturated rings. The fourth-order valence-corrected chi connectivity index (χ4v) is 1.94. The first kappa shape index (κ1) is 20.4. The number of amides is 2. The number of nitrogens with two attached hydrogens (primary N) is 1. The average molecular weight is 328 g/mol. The fourth-order valence-electron chi connectivity index (χ4n) is 1.94. The maximum Gasteiger partial charge on any atom is 0.224 e. The lowest BCUT2D eigenvalue weighted by molar-refractivity contribution is -0.125. The number of carbonyl (C=O) groups excluding carboxylic acids is 2. The Hall–Kier alpha value is -1.59. The SMILES string of the molecule is CCCNC(=O)CCNC(=O)C(C)C(N)c1ccccc1.Cl. The van der Waals surface area contributed by atoms with Gasteiger partial charge in [0.2, 0.25) is 11.8 Å². The molecule has 6 heteroatoms. The molecular weight excluding hydrogens is 302 g/mol. The van der Waals surface area contributed by atoms with E-state index in [9.17, 15) is 9.59 Å². The molecule has 4 N–H and O–H groups in total. The predicted octanol–water partition coefficient (Wildman–Crippen LogP) is 1.78. The molecule has 2 unspecified atom stereocenters. The highest BCUT2D eigenvalue weighted by atomic mass is 35.5. The molecule has 5 nitrogen and oxygen atoms in total.